The van der Waals surface area contributed by atoms with E-state index in [1.165, 1.54) is 0 Å². The van der Waals surface area contributed by atoms with Gasteiger partial charge in [0.2, 0.25) is 0 Å². The van der Waals surface area contributed by atoms with Crippen LogP contribution in [-0.2, 0) is 10.0 Å². The van der Waals surface area contributed by atoms with Crippen LogP contribution in [0.25, 0.3) is 0 Å². The van der Waals surface area contributed by atoms with E-state index < -0.39 is 27.9 Å². The van der Waals surface area contributed by atoms with Gasteiger partial charge >= 0.3 is 5.76 Å². The zero-order valence-electron chi connectivity index (χ0n) is 7.49. The Kier molecular flexibility index (Phi) is 3.79. The van der Waals surface area contributed by atoms with Gasteiger partial charge in [0.05, 0.1) is 6.10 Å². The number of sulfonamides is 1. The second-order valence-electron chi connectivity index (χ2n) is 3.38. The summed E-state index contributed by atoms with van der Waals surface area (Å²) in [6.07, 6.45) is 1.56. The van der Waals surface area contributed by atoms with Gasteiger partial charge in [0.25, 0.3) is 10.0 Å². The number of hydrogen-bond donors (Lipinski definition) is 2. The van der Waals surface area contributed by atoms with E-state index >= 15 is 0 Å². The molecule has 7 heteroatoms. The van der Waals surface area contributed by atoms with Crippen LogP contribution in [0.15, 0.2) is 0 Å². The number of rotatable bonds is 3. The predicted octanol–water partition coefficient (Wildman–Crippen LogP) is 0.432. The molecule has 0 unspecified atom stereocenters. The first-order valence-electron chi connectivity index (χ1n) is 4.41. The quantitative estimate of drug-likeness (QED) is 0.737. The van der Waals surface area contributed by atoms with Crippen molar-refractivity contribution in [1.82, 2.24) is 4.72 Å². The van der Waals surface area contributed by atoms with Gasteiger partial charge in [-0.05, 0) is 12.8 Å². The van der Waals surface area contributed by atoms with E-state index in [0.717, 1.165) is 12.8 Å². The topological polar surface area (TPSA) is 66.4 Å². The van der Waals surface area contributed by atoms with Crippen LogP contribution in [0.1, 0.15) is 25.7 Å². The molecule has 1 rings (SSSR count). The maximum atomic E-state index is 12.0. The summed E-state index contributed by atoms with van der Waals surface area (Å²) in [6.45, 7) is 0. The summed E-state index contributed by atoms with van der Waals surface area (Å²) >= 11 is 0. The van der Waals surface area contributed by atoms with Gasteiger partial charge in [0, 0.05) is 6.04 Å². The van der Waals surface area contributed by atoms with Gasteiger partial charge in [0.1, 0.15) is 0 Å². The molecule has 0 aromatic heterocycles. The Morgan fingerprint density at radius 3 is 2.36 bits per heavy atom. The van der Waals surface area contributed by atoms with Gasteiger partial charge in [-0.3, -0.25) is 0 Å². The molecule has 1 fully saturated rings. The van der Waals surface area contributed by atoms with E-state index in [4.69, 9.17) is 0 Å². The molecule has 84 valence electrons. The highest BCUT2D eigenvalue weighted by atomic mass is 32.2. The van der Waals surface area contributed by atoms with E-state index in [9.17, 15) is 22.3 Å². The molecule has 0 spiro atoms. The Labute approximate surface area is 81.4 Å². The lowest BCUT2D eigenvalue weighted by Crippen LogP contribution is -2.46. The molecular weight excluding hydrogens is 216 g/mol. The zero-order valence-corrected chi connectivity index (χ0v) is 8.30. The summed E-state index contributed by atoms with van der Waals surface area (Å²) < 4.78 is 47.3. The van der Waals surface area contributed by atoms with Crippen LogP contribution in [0, 0.1) is 0 Å². The van der Waals surface area contributed by atoms with Gasteiger partial charge in [-0.1, -0.05) is 12.8 Å². The van der Waals surface area contributed by atoms with Crippen molar-refractivity contribution in [3.63, 3.8) is 0 Å². The number of aliphatic hydroxyl groups is 1. The van der Waals surface area contributed by atoms with Crippen molar-refractivity contribution in [1.29, 1.82) is 0 Å². The highest BCUT2D eigenvalue weighted by molar-refractivity contribution is 7.89. The van der Waals surface area contributed by atoms with Crippen molar-refractivity contribution < 1.29 is 22.3 Å². The smallest absolute Gasteiger partial charge is 0.350 e. The monoisotopic (exact) mass is 229 g/mol. The summed E-state index contributed by atoms with van der Waals surface area (Å²) in [5.41, 5.74) is 0. The lowest BCUT2D eigenvalue weighted by molar-refractivity contribution is 0.0998. The summed E-state index contributed by atoms with van der Waals surface area (Å²) in [6, 6.07) is -0.761. The number of halogens is 2. The van der Waals surface area contributed by atoms with Gasteiger partial charge in [0.15, 0.2) is 0 Å². The molecule has 2 N–H and O–H groups in total. The highest BCUT2D eigenvalue weighted by Gasteiger charge is 2.31. The van der Waals surface area contributed by atoms with Crippen molar-refractivity contribution in [3.8, 4) is 0 Å². The van der Waals surface area contributed by atoms with Gasteiger partial charge in [-0.15, -0.1) is 0 Å². The van der Waals surface area contributed by atoms with Crippen molar-refractivity contribution in [3.05, 3.63) is 0 Å². The molecule has 0 bridgehead atoms. The zero-order chi connectivity index (χ0) is 10.8. The fourth-order valence-corrected chi connectivity index (χ4v) is 2.31. The number of hydrogen-bond acceptors (Lipinski definition) is 3. The molecule has 1 aliphatic rings. The van der Waals surface area contributed by atoms with E-state index in [0.29, 0.717) is 12.8 Å². The minimum atomic E-state index is -4.57. The van der Waals surface area contributed by atoms with Crippen LogP contribution in [0.2, 0.25) is 0 Å². The van der Waals surface area contributed by atoms with Gasteiger partial charge < -0.3 is 5.11 Å². The van der Waals surface area contributed by atoms with Crippen LogP contribution in [-0.4, -0.2) is 31.4 Å². The summed E-state index contributed by atoms with van der Waals surface area (Å²) in [5.74, 6) is -3.43. The Bertz CT molecular complexity index is 281. The Balaban J connectivity index is 2.58. The second kappa shape index (κ2) is 4.50. The van der Waals surface area contributed by atoms with Crippen molar-refractivity contribution in [2.24, 2.45) is 0 Å². The lowest BCUT2D eigenvalue weighted by Gasteiger charge is -2.27. The first-order valence-corrected chi connectivity index (χ1v) is 5.95. The summed E-state index contributed by atoms with van der Waals surface area (Å²) in [4.78, 5) is 0. The van der Waals surface area contributed by atoms with Crippen LogP contribution >= 0.6 is 0 Å². The lowest BCUT2D eigenvalue weighted by atomic mass is 9.93. The molecule has 0 saturated heterocycles. The molecular formula is C7H13F2NO3S. The maximum Gasteiger partial charge on any atom is 0.350 e. The molecule has 4 nitrogen and oxygen atoms in total. The van der Waals surface area contributed by atoms with E-state index in [-0.39, 0.29) is 0 Å². The van der Waals surface area contributed by atoms with E-state index in [1.54, 1.807) is 0 Å². The molecule has 0 aromatic rings. The average Bonchev–Trinajstić information content (AvgIpc) is 2.08. The third-order valence-electron chi connectivity index (χ3n) is 2.28. The fraction of sp³-hybridized carbons (Fsp3) is 1.00. The molecule has 1 saturated carbocycles. The molecule has 1 aliphatic carbocycles. The third kappa shape index (κ3) is 2.86. The van der Waals surface area contributed by atoms with Crippen molar-refractivity contribution in [2.45, 2.75) is 43.6 Å². The fourth-order valence-electron chi connectivity index (χ4n) is 1.51. The third-order valence-corrected chi connectivity index (χ3v) is 3.38. The van der Waals surface area contributed by atoms with Crippen molar-refractivity contribution in [2.75, 3.05) is 0 Å². The molecule has 2 atom stereocenters. The maximum absolute atomic E-state index is 12.0. The first kappa shape index (κ1) is 11.8. The average molecular weight is 229 g/mol. The minimum absolute atomic E-state index is 0.410. The van der Waals surface area contributed by atoms with Crippen LogP contribution in [0.5, 0.6) is 0 Å². The number of nitrogens with one attached hydrogen (secondary N) is 1. The number of alkyl halides is 2. The van der Waals surface area contributed by atoms with Crippen LogP contribution in [0.3, 0.4) is 0 Å². The Hall–Kier alpha value is -0.270. The highest BCUT2D eigenvalue weighted by Crippen LogP contribution is 2.19. The number of aliphatic hydroxyl groups excluding tert-OH is 1. The minimum Gasteiger partial charge on any atom is -0.391 e. The Morgan fingerprint density at radius 1 is 1.29 bits per heavy atom. The SMILES string of the molecule is O=S(=O)(N[C@@H]1CCCC[C@H]1O)C(F)F. The standard InChI is InChI=1S/C7H13F2NO3S/c8-7(9)14(12,13)10-5-3-1-2-4-6(5)11/h5-7,10-11H,1-4H2/t5-,6-/m1/s1. The molecule has 0 amide bonds. The van der Waals surface area contributed by atoms with Crippen molar-refractivity contribution >= 4 is 10.0 Å². The van der Waals surface area contributed by atoms with E-state index in [1.807, 2.05) is 4.72 Å². The summed E-state index contributed by atoms with van der Waals surface area (Å²) in [5, 5.41) is 9.34. The van der Waals surface area contributed by atoms with Crippen LogP contribution in [0.4, 0.5) is 8.78 Å². The molecule has 14 heavy (non-hydrogen) atoms. The molecule has 0 radical (unpaired) electrons. The molecule has 0 aliphatic heterocycles. The molecule has 0 heterocycles. The normalized spacial score (nSPS) is 29.4. The summed E-state index contributed by atoms with van der Waals surface area (Å²) in [7, 11) is -4.57. The van der Waals surface area contributed by atoms with Gasteiger partial charge in [-0.25, -0.2) is 13.1 Å². The van der Waals surface area contributed by atoms with E-state index in [2.05, 4.69) is 0 Å². The van der Waals surface area contributed by atoms with Gasteiger partial charge in [-0.2, -0.15) is 8.78 Å². The Morgan fingerprint density at radius 2 is 1.86 bits per heavy atom. The van der Waals surface area contributed by atoms with Crippen LogP contribution < -0.4 is 4.72 Å². The first-order chi connectivity index (χ1) is 6.43. The predicted molar refractivity (Wildman–Crippen MR) is 46.3 cm³/mol. The second-order valence-corrected chi connectivity index (χ2v) is 5.06. The largest absolute Gasteiger partial charge is 0.391 e. The molecule has 0 aromatic carbocycles.